The summed E-state index contributed by atoms with van der Waals surface area (Å²) >= 11 is 17.9. The van der Waals surface area contributed by atoms with Gasteiger partial charge >= 0.3 is 5.97 Å². The lowest BCUT2D eigenvalue weighted by atomic mass is 10.00. The fourth-order valence-corrected chi connectivity index (χ4v) is 3.17. The second-order valence-electron chi connectivity index (χ2n) is 5.63. The third-order valence-corrected chi connectivity index (χ3v) is 4.91. The van der Waals surface area contributed by atoms with E-state index in [4.69, 9.17) is 34.8 Å². The van der Waals surface area contributed by atoms with Gasteiger partial charge in [0.15, 0.2) is 0 Å². The Balaban J connectivity index is 2.31. The molecule has 0 aliphatic heterocycles. The van der Waals surface area contributed by atoms with Gasteiger partial charge in [0.2, 0.25) is 0 Å². The zero-order chi connectivity index (χ0) is 19.0. The number of halogens is 3. The number of aromatic carboxylic acids is 1. The molecular formula is C19H12Cl3NO3. The lowest BCUT2D eigenvalue weighted by molar-refractivity contribution is 0.0695. The Morgan fingerprint density at radius 3 is 2.19 bits per heavy atom. The van der Waals surface area contributed by atoms with Gasteiger partial charge in [0.1, 0.15) is 5.56 Å². The van der Waals surface area contributed by atoms with Crippen molar-refractivity contribution in [1.29, 1.82) is 0 Å². The molecule has 0 amide bonds. The van der Waals surface area contributed by atoms with Crippen molar-refractivity contribution < 1.29 is 9.90 Å². The molecule has 132 valence electrons. The van der Waals surface area contributed by atoms with E-state index < -0.39 is 11.5 Å². The number of carboxylic acid groups (broad SMARTS) is 1. The van der Waals surface area contributed by atoms with Crippen LogP contribution in [0.3, 0.4) is 0 Å². The van der Waals surface area contributed by atoms with Gasteiger partial charge in [0.05, 0.1) is 10.0 Å². The summed E-state index contributed by atoms with van der Waals surface area (Å²) in [7, 11) is 0. The first kappa shape index (κ1) is 18.5. The Morgan fingerprint density at radius 2 is 1.62 bits per heavy atom. The van der Waals surface area contributed by atoms with Crippen LogP contribution >= 0.6 is 34.8 Å². The van der Waals surface area contributed by atoms with Gasteiger partial charge in [-0.15, -0.1) is 0 Å². The molecule has 1 aromatic heterocycles. The highest BCUT2D eigenvalue weighted by Gasteiger charge is 2.21. The van der Waals surface area contributed by atoms with E-state index in [0.29, 0.717) is 27.0 Å². The molecular weight excluding hydrogens is 397 g/mol. The molecule has 1 N–H and O–H groups in total. The summed E-state index contributed by atoms with van der Waals surface area (Å²) in [6.45, 7) is 1.72. The number of carboxylic acids is 1. The molecule has 7 heteroatoms. The summed E-state index contributed by atoms with van der Waals surface area (Å²) in [5, 5.41) is 10.8. The van der Waals surface area contributed by atoms with Gasteiger partial charge in [0, 0.05) is 22.0 Å². The molecule has 0 unspecified atom stereocenters. The number of rotatable bonds is 3. The molecule has 0 fully saturated rings. The lowest BCUT2D eigenvalue weighted by Crippen LogP contribution is -2.27. The highest BCUT2D eigenvalue weighted by molar-refractivity contribution is 6.42. The molecule has 0 atom stereocenters. The van der Waals surface area contributed by atoms with Crippen molar-refractivity contribution in [2.75, 3.05) is 0 Å². The second kappa shape index (κ2) is 7.16. The van der Waals surface area contributed by atoms with Crippen LogP contribution in [-0.2, 0) is 0 Å². The monoisotopic (exact) mass is 407 g/mol. The van der Waals surface area contributed by atoms with Crippen molar-refractivity contribution in [2.45, 2.75) is 6.92 Å². The van der Waals surface area contributed by atoms with Crippen molar-refractivity contribution >= 4 is 40.8 Å². The molecule has 2 aromatic carbocycles. The van der Waals surface area contributed by atoms with Crippen LogP contribution in [0.15, 0.2) is 53.3 Å². The smallest absolute Gasteiger partial charge is 0.342 e. The summed E-state index contributed by atoms with van der Waals surface area (Å²) in [6.07, 6.45) is 0. The predicted octanol–water partition coefficient (Wildman–Crippen LogP) is 5.47. The molecule has 0 spiro atoms. The van der Waals surface area contributed by atoms with E-state index >= 15 is 0 Å². The Labute approximate surface area is 164 Å². The number of carbonyl (C=O) groups is 1. The fraction of sp³-hybridized carbons (Fsp3) is 0.0526. The molecule has 0 bridgehead atoms. The Morgan fingerprint density at radius 1 is 0.962 bits per heavy atom. The molecule has 3 aromatic rings. The fourth-order valence-electron chi connectivity index (χ4n) is 2.74. The summed E-state index contributed by atoms with van der Waals surface area (Å²) in [6, 6.07) is 12.9. The first-order chi connectivity index (χ1) is 12.3. The molecule has 3 rings (SSSR count). The normalized spacial score (nSPS) is 10.8. The average molecular weight is 409 g/mol. The maximum absolute atomic E-state index is 13.0. The van der Waals surface area contributed by atoms with Gasteiger partial charge < -0.3 is 5.11 Å². The second-order valence-corrected chi connectivity index (χ2v) is 6.88. The van der Waals surface area contributed by atoms with Crippen LogP contribution in [0.5, 0.6) is 0 Å². The van der Waals surface area contributed by atoms with Crippen molar-refractivity contribution in [3.05, 3.63) is 85.2 Å². The third kappa shape index (κ3) is 3.36. The SMILES string of the molecule is Cc1cc(-c2ccc(Cl)c(Cl)c2)c(C(=O)O)c(=O)n1-c1ccc(Cl)cc1. The minimum absolute atomic E-state index is 0.278. The predicted molar refractivity (Wildman–Crippen MR) is 104 cm³/mol. The van der Waals surface area contributed by atoms with Gasteiger partial charge in [0.25, 0.3) is 5.56 Å². The van der Waals surface area contributed by atoms with Crippen LogP contribution in [0, 0.1) is 6.92 Å². The first-order valence-corrected chi connectivity index (χ1v) is 8.64. The van der Waals surface area contributed by atoms with E-state index in [0.717, 1.165) is 0 Å². The van der Waals surface area contributed by atoms with E-state index in [1.807, 2.05) is 0 Å². The van der Waals surface area contributed by atoms with Crippen molar-refractivity contribution in [3.8, 4) is 16.8 Å². The van der Waals surface area contributed by atoms with Crippen LogP contribution in [0.2, 0.25) is 15.1 Å². The zero-order valence-corrected chi connectivity index (χ0v) is 15.7. The standard InChI is InChI=1S/C19H12Cl3NO3/c1-10-8-14(11-2-7-15(21)16(22)9-11)17(19(25)26)18(24)23(10)13-5-3-12(20)4-6-13/h2-9H,1H3,(H,25,26). The molecule has 1 heterocycles. The maximum Gasteiger partial charge on any atom is 0.342 e. The highest BCUT2D eigenvalue weighted by atomic mass is 35.5. The summed E-state index contributed by atoms with van der Waals surface area (Å²) in [4.78, 5) is 24.8. The van der Waals surface area contributed by atoms with Crippen molar-refractivity contribution in [3.63, 3.8) is 0 Å². The third-order valence-electron chi connectivity index (χ3n) is 3.92. The molecule has 0 aliphatic rings. The Kier molecular flexibility index (Phi) is 5.10. The Bertz CT molecular complexity index is 1070. The van der Waals surface area contributed by atoms with Gasteiger partial charge in [-0.05, 0) is 55.0 Å². The molecule has 4 nitrogen and oxygen atoms in total. The summed E-state index contributed by atoms with van der Waals surface area (Å²) < 4.78 is 1.33. The van der Waals surface area contributed by atoms with Crippen LogP contribution < -0.4 is 5.56 Å². The molecule has 0 saturated carbocycles. The van der Waals surface area contributed by atoms with Gasteiger partial charge in [-0.1, -0.05) is 40.9 Å². The van der Waals surface area contributed by atoms with Crippen LogP contribution in [0.4, 0.5) is 0 Å². The number of hydrogen-bond donors (Lipinski definition) is 1. The van der Waals surface area contributed by atoms with Crippen LogP contribution in [0.25, 0.3) is 16.8 Å². The largest absolute Gasteiger partial charge is 0.477 e. The molecule has 26 heavy (non-hydrogen) atoms. The van der Waals surface area contributed by atoms with Gasteiger partial charge in [-0.2, -0.15) is 0 Å². The van der Waals surface area contributed by atoms with E-state index in [-0.39, 0.29) is 16.1 Å². The van der Waals surface area contributed by atoms with E-state index in [1.54, 1.807) is 49.4 Å². The van der Waals surface area contributed by atoms with Crippen molar-refractivity contribution in [1.82, 2.24) is 4.57 Å². The minimum Gasteiger partial charge on any atom is -0.477 e. The van der Waals surface area contributed by atoms with E-state index in [1.165, 1.54) is 10.6 Å². The topological polar surface area (TPSA) is 59.3 Å². The number of aryl methyl sites for hydroxylation is 1. The minimum atomic E-state index is -1.32. The average Bonchev–Trinajstić information content (AvgIpc) is 2.58. The Hall–Kier alpha value is -2.27. The number of nitrogens with zero attached hydrogens (tertiary/aromatic N) is 1. The number of pyridine rings is 1. The van der Waals surface area contributed by atoms with E-state index in [2.05, 4.69) is 0 Å². The van der Waals surface area contributed by atoms with Gasteiger partial charge in [-0.25, -0.2) is 4.79 Å². The number of aromatic nitrogens is 1. The molecule has 0 radical (unpaired) electrons. The van der Waals surface area contributed by atoms with Crippen LogP contribution in [0.1, 0.15) is 16.1 Å². The first-order valence-electron chi connectivity index (χ1n) is 7.51. The van der Waals surface area contributed by atoms with Crippen LogP contribution in [-0.4, -0.2) is 15.6 Å². The van der Waals surface area contributed by atoms with Gasteiger partial charge in [-0.3, -0.25) is 9.36 Å². The molecule has 0 saturated heterocycles. The van der Waals surface area contributed by atoms with Crippen molar-refractivity contribution in [2.24, 2.45) is 0 Å². The zero-order valence-electron chi connectivity index (χ0n) is 13.5. The molecule has 0 aliphatic carbocycles. The quantitative estimate of drug-likeness (QED) is 0.625. The maximum atomic E-state index is 13.0. The lowest BCUT2D eigenvalue weighted by Gasteiger charge is -2.15. The number of hydrogen-bond acceptors (Lipinski definition) is 2. The van der Waals surface area contributed by atoms with E-state index in [9.17, 15) is 14.7 Å². The highest BCUT2D eigenvalue weighted by Crippen LogP contribution is 2.30. The summed E-state index contributed by atoms with van der Waals surface area (Å²) in [5.74, 6) is -1.32. The number of benzene rings is 2. The summed E-state index contributed by atoms with van der Waals surface area (Å²) in [5.41, 5.74) is 0.900.